The van der Waals surface area contributed by atoms with Gasteiger partial charge in [0.15, 0.2) is 0 Å². The van der Waals surface area contributed by atoms with Crippen LogP contribution < -0.4 is 0 Å². The van der Waals surface area contributed by atoms with Gasteiger partial charge in [-0.05, 0) is 42.4 Å². The molecule has 1 aromatic heterocycles. The van der Waals surface area contributed by atoms with Crippen molar-refractivity contribution in [2.24, 2.45) is 13.0 Å². The van der Waals surface area contributed by atoms with Gasteiger partial charge in [0.25, 0.3) is 0 Å². The number of carbonyl (C=O) groups is 1. The number of aryl methyl sites for hydroxylation is 1. The first-order valence-corrected chi connectivity index (χ1v) is 11.9. The number of aromatic nitrogens is 1. The van der Waals surface area contributed by atoms with Gasteiger partial charge in [-0.3, -0.25) is 4.90 Å². The van der Waals surface area contributed by atoms with Crippen molar-refractivity contribution in [1.82, 2.24) is 13.8 Å². The van der Waals surface area contributed by atoms with Crippen LogP contribution in [0.25, 0.3) is 0 Å². The maximum atomic E-state index is 13.0. The summed E-state index contributed by atoms with van der Waals surface area (Å²) in [6, 6.07) is 10.0. The molecule has 0 N–H and O–H groups in total. The number of carbonyl (C=O) groups excluding carboxylic acids is 1. The number of esters is 1. The minimum absolute atomic E-state index is 0.150. The number of methoxy groups -OCH3 is 1. The van der Waals surface area contributed by atoms with Crippen LogP contribution in [0.5, 0.6) is 0 Å². The molecule has 0 bridgehead atoms. The van der Waals surface area contributed by atoms with E-state index in [1.54, 1.807) is 11.4 Å². The fourth-order valence-corrected chi connectivity index (χ4v) is 6.08. The highest BCUT2D eigenvalue weighted by Gasteiger charge is 2.32. The van der Waals surface area contributed by atoms with Gasteiger partial charge in [0.05, 0.1) is 7.11 Å². The summed E-state index contributed by atoms with van der Waals surface area (Å²) in [6.07, 6.45) is 4.28. The lowest BCUT2D eigenvalue weighted by Gasteiger charge is -2.36. The van der Waals surface area contributed by atoms with Gasteiger partial charge in [-0.2, -0.15) is 4.31 Å². The molecule has 7 nitrogen and oxygen atoms in total. The molecule has 0 spiro atoms. The van der Waals surface area contributed by atoms with Crippen LogP contribution in [0.15, 0.2) is 41.4 Å². The second-order valence-corrected chi connectivity index (χ2v) is 10.2. The topological polar surface area (TPSA) is 71.8 Å². The van der Waals surface area contributed by atoms with Crippen molar-refractivity contribution in [3.05, 3.63) is 53.3 Å². The number of nitrogens with zero attached hydrogens (tertiary/aromatic N) is 3. The average molecular weight is 432 g/mol. The maximum Gasteiger partial charge on any atom is 0.354 e. The average Bonchev–Trinajstić information content (AvgIpc) is 3.16. The minimum atomic E-state index is -3.61. The molecular weight excluding hydrogens is 402 g/mol. The highest BCUT2D eigenvalue weighted by Crippen LogP contribution is 2.27. The molecule has 30 heavy (non-hydrogen) atoms. The smallest absolute Gasteiger partial charge is 0.354 e. The SMILES string of the molecule is COC(=O)c1cc(S(=O)(=O)N2CCC(CN3CCc4ccccc4C3)CC2)cn1C. The van der Waals surface area contributed by atoms with Crippen molar-refractivity contribution in [3.63, 3.8) is 0 Å². The van der Waals surface area contributed by atoms with Crippen LogP contribution in [0.4, 0.5) is 0 Å². The van der Waals surface area contributed by atoms with E-state index in [9.17, 15) is 13.2 Å². The Bertz CT molecular complexity index is 1020. The summed E-state index contributed by atoms with van der Waals surface area (Å²) in [5.41, 5.74) is 3.09. The van der Waals surface area contributed by atoms with Crippen LogP contribution in [0.1, 0.15) is 34.5 Å². The van der Waals surface area contributed by atoms with Crippen molar-refractivity contribution in [1.29, 1.82) is 0 Å². The summed E-state index contributed by atoms with van der Waals surface area (Å²) in [4.78, 5) is 14.5. The van der Waals surface area contributed by atoms with Gasteiger partial charge in [-0.15, -0.1) is 0 Å². The normalized spacial score (nSPS) is 18.9. The van der Waals surface area contributed by atoms with Gasteiger partial charge in [0.2, 0.25) is 10.0 Å². The van der Waals surface area contributed by atoms with Gasteiger partial charge in [0, 0.05) is 46.0 Å². The summed E-state index contributed by atoms with van der Waals surface area (Å²) in [7, 11) is -0.677. The molecule has 2 aliphatic heterocycles. The first kappa shape index (κ1) is 21.1. The number of fused-ring (bicyclic) bond motifs is 1. The first-order valence-electron chi connectivity index (χ1n) is 10.4. The van der Waals surface area contributed by atoms with Gasteiger partial charge in [0.1, 0.15) is 10.6 Å². The molecular formula is C22H29N3O4S. The van der Waals surface area contributed by atoms with E-state index in [0.29, 0.717) is 19.0 Å². The Balaban J connectivity index is 1.36. The molecule has 162 valence electrons. The van der Waals surface area contributed by atoms with Crippen LogP contribution >= 0.6 is 0 Å². The monoisotopic (exact) mass is 431 g/mol. The van der Waals surface area contributed by atoms with E-state index >= 15 is 0 Å². The van der Waals surface area contributed by atoms with Crippen molar-refractivity contribution < 1.29 is 17.9 Å². The molecule has 0 aliphatic carbocycles. The Morgan fingerprint density at radius 1 is 1.13 bits per heavy atom. The molecule has 0 atom stereocenters. The molecule has 1 saturated heterocycles. The number of piperidine rings is 1. The lowest BCUT2D eigenvalue weighted by Crippen LogP contribution is -2.42. The Hall–Kier alpha value is -2.16. The van der Waals surface area contributed by atoms with Crippen molar-refractivity contribution >= 4 is 16.0 Å². The zero-order valence-electron chi connectivity index (χ0n) is 17.6. The zero-order valence-corrected chi connectivity index (χ0v) is 18.4. The molecule has 0 unspecified atom stereocenters. The molecule has 0 radical (unpaired) electrons. The number of sulfonamides is 1. The Morgan fingerprint density at radius 2 is 1.83 bits per heavy atom. The molecule has 4 rings (SSSR count). The molecule has 3 heterocycles. The molecule has 2 aromatic rings. The molecule has 1 aromatic carbocycles. The van der Waals surface area contributed by atoms with Crippen LogP contribution in [0.3, 0.4) is 0 Å². The predicted molar refractivity (Wildman–Crippen MR) is 114 cm³/mol. The maximum absolute atomic E-state index is 13.0. The number of rotatable bonds is 5. The van der Waals surface area contributed by atoms with Crippen LogP contribution in [0, 0.1) is 5.92 Å². The van der Waals surface area contributed by atoms with Crippen LogP contribution in [0.2, 0.25) is 0 Å². The van der Waals surface area contributed by atoms with Crippen molar-refractivity contribution in [2.75, 3.05) is 33.3 Å². The van der Waals surface area contributed by atoms with E-state index in [2.05, 4.69) is 29.2 Å². The van der Waals surface area contributed by atoms with E-state index in [1.165, 1.54) is 35.1 Å². The fraction of sp³-hybridized carbons (Fsp3) is 0.500. The van der Waals surface area contributed by atoms with E-state index in [-0.39, 0.29) is 10.6 Å². The third kappa shape index (κ3) is 4.17. The van der Waals surface area contributed by atoms with E-state index in [0.717, 1.165) is 38.9 Å². The standard InChI is InChI=1S/C22H29N3O4S/c1-23-16-20(13-21(23)22(26)29-2)30(27,28)25-11-7-17(8-12-25)14-24-10-9-18-5-3-4-6-19(18)15-24/h3-6,13,16-17H,7-12,14-15H2,1-2H3. The summed E-state index contributed by atoms with van der Waals surface area (Å²) >= 11 is 0. The fourth-order valence-electron chi connectivity index (χ4n) is 4.54. The summed E-state index contributed by atoms with van der Waals surface area (Å²) in [5.74, 6) is -0.0381. The Morgan fingerprint density at radius 3 is 2.53 bits per heavy atom. The molecule has 2 aliphatic rings. The van der Waals surface area contributed by atoms with Crippen LogP contribution in [-0.2, 0) is 34.8 Å². The third-order valence-corrected chi connectivity index (χ3v) is 8.18. The van der Waals surface area contributed by atoms with Crippen LogP contribution in [-0.4, -0.2) is 61.4 Å². The van der Waals surface area contributed by atoms with Gasteiger partial charge in [-0.1, -0.05) is 24.3 Å². The summed E-state index contributed by atoms with van der Waals surface area (Å²) in [5, 5.41) is 0. The molecule has 1 fully saturated rings. The molecule has 0 amide bonds. The van der Waals surface area contributed by atoms with E-state index < -0.39 is 16.0 Å². The zero-order chi connectivity index (χ0) is 21.3. The molecule has 8 heteroatoms. The van der Waals surface area contributed by atoms with E-state index in [4.69, 9.17) is 4.74 Å². The van der Waals surface area contributed by atoms with Crippen molar-refractivity contribution in [2.45, 2.75) is 30.7 Å². The largest absolute Gasteiger partial charge is 0.464 e. The second-order valence-electron chi connectivity index (χ2n) is 8.26. The number of benzene rings is 1. The van der Waals surface area contributed by atoms with Gasteiger partial charge >= 0.3 is 5.97 Å². The van der Waals surface area contributed by atoms with Gasteiger partial charge in [-0.25, -0.2) is 13.2 Å². The number of hydrogen-bond acceptors (Lipinski definition) is 5. The Labute approximate surface area is 178 Å². The number of hydrogen-bond donors (Lipinski definition) is 0. The lowest BCUT2D eigenvalue weighted by atomic mass is 9.94. The van der Waals surface area contributed by atoms with E-state index in [1.807, 2.05) is 0 Å². The third-order valence-electron chi connectivity index (χ3n) is 6.31. The highest BCUT2D eigenvalue weighted by molar-refractivity contribution is 7.89. The second kappa shape index (κ2) is 8.53. The van der Waals surface area contributed by atoms with Crippen molar-refractivity contribution in [3.8, 4) is 0 Å². The lowest BCUT2D eigenvalue weighted by molar-refractivity contribution is 0.0590. The summed E-state index contributed by atoms with van der Waals surface area (Å²) < 4.78 is 33.9. The number of ether oxygens (including phenoxy) is 1. The predicted octanol–water partition coefficient (Wildman–Crippen LogP) is 2.27. The minimum Gasteiger partial charge on any atom is -0.464 e. The highest BCUT2D eigenvalue weighted by atomic mass is 32.2. The quantitative estimate of drug-likeness (QED) is 0.679. The first-order chi connectivity index (χ1) is 14.4. The Kier molecular flexibility index (Phi) is 5.99. The van der Waals surface area contributed by atoms with Gasteiger partial charge < -0.3 is 9.30 Å². The summed E-state index contributed by atoms with van der Waals surface area (Å²) in [6.45, 7) is 4.09. The molecule has 0 saturated carbocycles.